The average molecular weight is 300 g/mol. The molecule has 0 saturated carbocycles. The second-order valence-electron chi connectivity index (χ2n) is 4.95. The van der Waals surface area contributed by atoms with E-state index in [1.54, 1.807) is 0 Å². The Morgan fingerprint density at radius 3 is 2.42 bits per heavy atom. The lowest BCUT2D eigenvalue weighted by atomic mass is 10.1. The van der Waals surface area contributed by atoms with Gasteiger partial charge in [0.05, 0.1) is 0 Å². The van der Waals surface area contributed by atoms with Gasteiger partial charge in [-0.3, -0.25) is 0 Å². The highest BCUT2D eigenvalue weighted by molar-refractivity contribution is 7.99. The standard InChI is InChI=1S/C16H26ClNS/c1-3-4-5-6-7-8-15(18-2)13-19-16-11-9-14(17)10-12-16/h9-12,15,18H,3-8,13H2,1-2H3. The summed E-state index contributed by atoms with van der Waals surface area (Å²) in [6, 6.07) is 8.73. The van der Waals surface area contributed by atoms with E-state index in [2.05, 4.69) is 31.4 Å². The van der Waals surface area contributed by atoms with Gasteiger partial charge in [-0.1, -0.05) is 50.6 Å². The highest BCUT2D eigenvalue weighted by atomic mass is 35.5. The van der Waals surface area contributed by atoms with Crippen molar-refractivity contribution in [3.8, 4) is 0 Å². The maximum Gasteiger partial charge on any atom is 0.0406 e. The Balaban J connectivity index is 2.19. The second kappa shape index (κ2) is 10.6. The van der Waals surface area contributed by atoms with Gasteiger partial charge in [0.25, 0.3) is 0 Å². The number of benzene rings is 1. The predicted molar refractivity (Wildman–Crippen MR) is 88.4 cm³/mol. The van der Waals surface area contributed by atoms with Gasteiger partial charge in [0.1, 0.15) is 0 Å². The van der Waals surface area contributed by atoms with Crippen LogP contribution in [0.2, 0.25) is 5.02 Å². The summed E-state index contributed by atoms with van der Waals surface area (Å²) in [5.74, 6) is 1.13. The normalized spacial score (nSPS) is 12.6. The van der Waals surface area contributed by atoms with Crippen LogP contribution in [0.3, 0.4) is 0 Å². The van der Waals surface area contributed by atoms with E-state index in [9.17, 15) is 0 Å². The zero-order valence-electron chi connectivity index (χ0n) is 12.1. The third-order valence-electron chi connectivity index (χ3n) is 3.33. The minimum absolute atomic E-state index is 0.613. The van der Waals surface area contributed by atoms with Crippen molar-refractivity contribution in [2.45, 2.75) is 56.4 Å². The van der Waals surface area contributed by atoms with Crippen molar-refractivity contribution in [3.63, 3.8) is 0 Å². The Bertz CT molecular complexity index is 326. The Kier molecular flexibility index (Phi) is 9.40. The van der Waals surface area contributed by atoms with Gasteiger partial charge < -0.3 is 5.32 Å². The van der Waals surface area contributed by atoms with Crippen molar-refractivity contribution in [1.29, 1.82) is 0 Å². The summed E-state index contributed by atoms with van der Waals surface area (Å²) < 4.78 is 0. The molecule has 0 radical (unpaired) electrons. The molecule has 1 rings (SSSR count). The van der Waals surface area contributed by atoms with Crippen LogP contribution in [0.15, 0.2) is 29.2 Å². The van der Waals surface area contributed by atoms with E-state index in [1.165, 1.54) is 43.4 Å². The third kappa shape index (κ3) is 7.86. The highest BCUT2D eigenvalue weighted by Gasteiger charge is 2.06. The number of unbranched alkanes of at least 4 members (excludes halogenated alkanes) is 4. The van der Waals surface area contributed by atoms with Crippen LogP contribution >= 0.6 is 23.4 Å². The van der Waals surface area contributed by atoms with Gasteiger partial charge in [-0.2, -0.15) is 0 Å². The zero-order chi connectivity index (χ0) is 13.9. The maximum atomic E-state index is 5.89. The predicted octanol–water partition coefficient (Wildman–Crippen LogP) is 5.38. The Morgan fingerprint density at radius 2 is 1.79 bits per heavy atom. The lowest BCUT2D eigenvalue weighted by Crippen LogP contribution is -2.27. The van der Waals surface area contributed by atoms with Gasteiger partial charge in [0.2, 0.25) is 0 Å². The van der Waals surface area contributed by atoms with Crippen LogP contribution < -0.4 is 5.32 Å². The summed E-state index contributed by atoms with van der Waals surface area (Å²) in [6.45, 7) is 2.26. The second-order valence-corrected chi connectivity index (χ2v) is 6.48. The van der Waals surface area contributed by atoms with E-state index in [4.69, 9.17) is 11.6 Å². The summed E-state index contributed by atoms with van der Waals surface area (Å²) in [4.78, 5) is 1.30. The Labute approximate surface area is 127 Å². The van der Waals surface area contributed by atoms with Gasteiger partial charge in [-0.25, -0.2) is 0 Å². The lowest BCUT2D eigenvalue weighted by molar-refractivity contribution is 0.518. The molecule has 0 bridgehead atoms. The number of hydrogen-bond acceptors (Lipinski definition) is 2. The molecule has 0 heterocycles. The fourth-order valence-electron chi connectivity index (χ4n) is 2.03. The average Bonchev–Trinajstić information content (AvgIpc) is 2.44. The lowest BCUT2D eigenvalue weighted by Gasteiger charge is -2.15. The van der Waals surface area contributed by atoms with Crippen LogP contribution in [0.1, 0.15) is 45.4 Å². The molecule has 0 saturated heterocycles. The topological polar surface area (TPSA) is 12.0 Å². The van der Waals surface area contributed by atoms with E-state index in [1.807, 2.05) is 23.9 Å². The smallest absolute Gasteiger partial charge is 0.0406 e. The molecule has 3 heteroatoms. The number of rotatable bonds is 10. The third-order valence-corrected chi connectivity index (χ3v) is 4.76. The molecule has 0 amide bonds. The minimum Gasteiger partial charge on any atom is -0.316 e. The summed E-state index contributed by atoms with van der Waals surface area (Å²) >= 11 is 7.80. The van der Waals surface area contributed by atoms with Crippen LogP contribution in [0, 0.1) is 0 Å². The Hall–Kier alpha value is -0.180. The van der Waals surface area contributed by atoms with Crippen LogP contribution in [-0.4, -0.2) is 18.8 Å². The minimum atomic E-state index is 0.613. The fraction of sp³-hybridized carbons (Fsp3) is 0.625. The molecule has 1 unspecified atom stereocenters. The largest absolute Gasteiger partial charge is 0.316 e. The van der Waals surface area contributed by atoms with Gasteiger partial charge in [-0.05, 0) is 37.7 Å². The molecule has 0 spiro atoms. The van der Waals surface area contributed by atoms with Gasteiger partial charge >= 0.3 is 0 Å². The molecular weight excluding hydrogens is 274 g/mol. The summed E-state index contributed by atoms with van der Waals surface area (Å²) in [6.07, 6.45) is 8.08. The van der Waals surface area contributed by atoms with Gasteiger partial charge in [0.15, 0.2) is 0 Å². The maximum absolute atomic E-state index is 5.89. The van der Waals surface area contributed by atoms with Crippen molar-refractivity contribution in [2.75, 3.05) is 12.8 Å². The highest BCUT2D eigenvalue weighted by Crippen LogP contribution is 2.22. The van der Waals surface area contributed by atoms with E-state index < -0.39 is 0 Å². The summed E-state index contributed by atoms with van der Waals surface area (Å²) in [5, 5.41) is 4.24. The molecular formula is C16H26ClNS. The van der Waals surface area contributed by atoms with Gasteiger partial charge in [-0.15, -0.1) is 11.8 Å². The molecule has 1 nitrogen and oxygen atoms in total. The number of nitrogens with one attached hydrogen (secondary N) is 1. The van der Waals surface area contributed by atoms with Crippen LogP contribution in [-0.2, 0) is 0 Å². The van der Waals surface area contributed by atoms with Crippen LogP contribution in [0.25, 0.3) is 0 Å². The van der Waals surface area contributed by atoms with E-state index in [-0.39, 0.29) is 0 Å². The van der Waals surface area contributed by atoms with Crippen molar-refractivity contribution in [3.05, 3.63) is 29.3 Å². The summed E-state index contributed by atoms with van der Waals surface area (Å²) in [7, 11) is 2.07. The molecule has 108 valence electrons. The first kappa shape index (κ1) is 16.9. The first-order chi connectivity index (χ1) is 9.26. The molecule has 0 aromatic heterocycles. The number of thioether (sulfide) groups is 1. The van der Waals surface area contributed by atoms with Crippen molar-refractivity contribution in [1.82, 2.24) is 5.32 Å². The molecule has 0 aliphatic carbocycles. The SMILES string of the molecule is CCCCCCCC(CSc1ccc(Cl)cc1)NC. The number of halogens is 1. The zero-order valence-corrected chi connectivity index (χ0v) is 13.7. The van der Waals surface area contributed by atoms with Crippen LogP contribution in [0.4, 0.5) is 0 Å². The molecule has 1 N–H and O–H groups in total. The van der Waals surface area contributed by atoms with Crippen molar-refractivity contribution < 1.29 is 0 Å². The molecule has 0 aliphatic rings. The van der Waals surface area contributed by atoms with Crippen molar-refractivity contribution in [2.24, 2.45) is 0 Å². The quantitative estimate of drug-likeness (QED) is 0.460. The summed E-state index contributed by atoms with van der Waals surface area (Å²) in [5.41, 5.74) is 0. The number of hydrogen-bond donors (Lipinski definition) is 1. The molecule has 19 heavy (non-hydrogen) atoms. The van der Waals surface area contributed by atoms with Crippen molar-refractivity contribution >= 4 is 23.4 Å². The van der Waals surface area contributed by atoms with Gasteiger partial charge in [0, 0.05) is 21.7 Å². The fourth-order valence-corrected chi connectivity index (χ4v) is 3.21. The van der Waals surface area contributed by atoms with E-state index in [0.29, 0.717) is 6.04 Å². The molecule has 0 fully saturated rings. The monoisotopic (exact) mass is 299 g/mol. The van der Waals surface area contributed by atoms with E-state index in [0.717, 1.165) is 10.8 Å². The Morgan fingerprint density at radius 1 is 1.11 bits per heavy atom. The van der Waals surface area contributed by atoms with E-state index >= 15 is 0 Å². The van der Waals surface area contributed by atoms with Crippen LogP contribution in [0.5, 0.6) is 0 Å². The molecule has 1 atom stereocenters. The molecule has 0 aliphatic heterocycles. The first-order valence-corrected chi connectivity index (χ1v) is 8.68. The molecule has 1 aromatic rings. The molecule has 1 aromatic carbocycles. The first-order valence-electron chi connectivity index (χ1n) is 7.32.